The van der Waals surface area contributed by atoms with Crippen molar-refractivity contribution in [2.24, 2.45) is 0 Å². The third kappa shape index (κ3) is 6.50. The van der Waals surface area contributed by atoms with Gasteiger partial charge in [0, 0.05) is 43.7 Å². The summed E-state index contributed by atoms with van der Waals surface area (Å²) >= 11 is 1.80. The molecule has 0 bridgehead atoms. The summed E-state index contributed by atoms with van der Waals surface area (Å²) in [6.07, 6.45) is 1.12. The lowest BCUT2D eigenvalue weighted by molar-refractivity contribution is -0.134. The van der Waals surface area contributed by atoms with E-state index in [0.29, 0.717) is 12.2 Å². The summed E-state index contributed by atoms with van der Waals surface area (Å²) < 4.78 is 0. The van der Waals surface area contributed by atoms with Gasteiger partial charge in [-0.2, -0.15) is 0 Å². The van der Waals surface area contributed by atoms with Gasteiger partial charge >= 0.3 is 11.9 Å². The van der Waals surface area contributed by atoms with Crippen LogP contribution in [0.25, 0.3) is 10.9 Å². The number of fused-ring (bicyclic) bond motifs is 1. The highest BCUT2D eigenvalue weighted by molar-refractivity contribution is 7.99. The number of likely N-dealkylation sites (N-methyl/N-ethyl adjacent to an activating group) is 1. The van der Waals surface area contributed by atoms with Gasteiger partial charge in [-0.05, 0) is 18.9 Å². The molecule has 1 aromatic heterocycles. The molecule has 1 aromatic carbocycles. The van der Waals surface area contributed by atoms with E-state index in [2.05, 4.69) is 42.0 Å². The summed E-state index contributed by atoms with van der Waals surface area (Å²) in [4.78, 5) is 33.3. The molecule has 2 aromatic rings. The Morgan fingerprint density at radius 1 is 1.07 bits per heavy atom. The van der Waals surface area contributed by atoms with Gasteiger partial charge in [-0.1, -0.05) is 25.1 Å². The van der Waals surface area contributed by atoms with Gasteiger partial charge in [0.05, 0.1) is 5.52 Å². The number of anilines is 1. The molecule has 0 aliphatic carbocycles. The maximum Gasteiger partial charge on any atom is 0.328 e. The topological polar surface area (TPSA) is 107 Å². The zero-order valence-electron chi connectivity index (χ0n) is 15.9. The molecule has 1 aliphatic rings. The molecule has 0 unspecified atom stereocenters. The summed E-state index contributed by atoms with van der Waals surface area (Å²) in [7, 11) is 2.16. The number of aliphatic carboxylic acids is 2. The lowest BCUT2D eigenvalue weighted by Gasteiger charge is -2.32. The lowest BCUT2D eigenvalue weighted by Crippen LogP contribution is -2.45. The largest absolute Gasteiger partial charge is 0.478 e. The van der Waals surface area contributed by atoms with Gasteiger partial charge < -0.3 is 20.0 Å². The van der Waals surface area contributed by atoms with E-state index in [-0.39, 0.29) is 0 Å². The van der Waals surface area contributed by atoms with E-state index in [0.717, 1.165) is 53.8 Å². The minimum Gasteiger partial charge on any atom is -0.478 e. The van der Waals surface area contributed by atoms with Crippen molar-refractivity contribution in [3.05, 3.63) is 36.4 Å². The Kier molecular flexibility index (Phi) is 8.21. The molecule has 0 spiro atoms. The van der Waals surface area contributed by atoms with Crippen LogP contribution in [0.4, 0.5) is 5.95 Å². The van der Waals surface area contributed by atoms with Crippen molar-refractivity contribution >= 4 is 40.6 Å². The molecule has 3 rings (SSSR count). The fourth-order valence-electron chi connectivity index (χ4n) is 2.57. The van der Waals surface area contributed by atoms with Crippen LogP contribution in [-0.2, 0) is 9.59 Å². The monoisotopic (exact) mass is 404 g/mol. The zero-order chi connectivity index (χ0) is 20.5. The average molecular weight is 404 g/mol. The van der Waals surface area contributed by atoms with E-state index in [9.17, 15) is 9.59 Å². The van der Waals surface area contributed by atoms with E-state index in [1.165, 1.54) is 0 Å². The van der Waals surface area contributed by atoms with Gasteiger partial charge in [-0.25, -0.2) is 19.6 Å². The van der Waals surface area contributed by atoms with E-state index in [1.54, 1.807) is 11.8 Å². The fraction of sp³-hybridized carbons (Fsp3) is 0.368. The van der Waals surface area contributed by atoms with Gasteiger partial charge in [0.1, 0.15) is 5.03 Å². The lowest BCUT2D eigenvalue weighted by atomic mass is 10.2. The molecular formula is C19H24N4O4S. The van der Waals surface area contributed by atoms with E-state index < -0.39 is 11.9 Å². The Hall–Kier alpha value is -2.65. The minimum atomic E-state index is -1.26. The van der Waals surface area contributed by atoms with Crippen molar-refractivity contribution < 1.29 is 19.8 Å². The summed E-state index contributed by atoms with van der Waals surface area (Å²) in [6.45, 7) is 6.33. The summed E-state index contributed by atoms with van der Waals surface area (Å²) in [5, 5.41) is 17.9. The van der Waals surface area contributed by atoms with Crippen LogP contribution in [0.5, 0.6) is 0 Å². The van der Waals surface area contributed by atoms with Gasteiger partial charge in [-0.15, -0.1) is 11.8 Å². The smallest absolute Gasteiger partial charge is 0.328 e. The van der Waals surface area contributed by atoms with Crippen LogP contribution in [0.1, 0.15) is 6.92 Å². The number of aromatic nitrogens is 2. The second-order valence-electron chi connectivity index (χ2n) is 6.08. The average Bonchev–Trinajstić information content (AvgIpc) is 2.67. The Balaban J connectivity index is 0.000000300. The number of para-hydroxylation sites is 1. The predicted molar refractivity (Wildman–Crippen MR) is 110 cm³/mol. The molecule has 9 heteroatoms. The number of hydrogen-bond acceptors (Lipinski definition) is 7. The highest BCUT2D eigenvalue weighted by Crippen LogP contribution is 2.27. The van der Waals surface area contributed by atoms with Crippen LogP contribution in [0.2, 0.25) is 0 Å². The van der Waals surface area contributed by atoms with Crippen LogP contribution in [0, 0.1) is 0 Å². The number of carboxylic acid groups (broad SMARTS) is 2. The molecule has 28 heavy (non-hydrogen) atoms. The Morgan fingerprint density at radius 3 is 2.25 bits per heavy atom. The third-order valence-corrected chi connectivity index (χ3v) is 4.87. The third-order valence-electron chi connectivity index (χ3n) is 3.99. The fourth-order valence-corrected chi connectivity index (χ4v) is 3.32. The summed E-state index contributed by atoms with van der Waals surface area (Å²) in [5.41, 5.74) is 1.05. The van der Waals surface area contributed by atoms with Crippen LogP contribution in [0.15, 0.2) is 41.4 Å². The second-order valence-corrected chi connectivity index (χ2v) is 7.33. The van der Waals surface area contributed by atoms with Crippen molar-refractivity contribution in [3.63, 3.8) is 0 Å². The molecular weight excluding hydrogens is 380 g/mol. The van der Waals surface area contributed by atoms with Crippen molar-refractivity contribution in [2.75, 3.05) is 43.9 Å². The van der Waals surface area contributed by atoms with E-state index in [4.69, 9.17) is 20.2 Å². The molecule has 1 aliphatic heterocycles. The molecule has 150 valence electrons. The predicted octanol–water partition coefficient (Wildman–Crippen LogP) is 2.21. The molecule has 0 saturated carbocycles. The van der Waals surface area contributed by atoms with Gasteiger partial charge in [-0.3, -0.25) is 0 Å². The zero-order valence-corrected chi connectivity index (χ0v) is 16.7. The quantitative estimate of drug-likeness (QED) is 0.440. The molecule has 0 amide bonds. The molecule has 8 nitrogen and oxygen atoms in total. The molecule has 2 heterocycles. The Bertz CT molecular complexity index is 835. The highest BCUT2D eigenvalue weighted by Gasteiger charge is 2.18. The number of rotatable bonds is 5. The van der Waals surface area contributed by atoms with Crippen molar-refractivity contribution in [1.29, 1.82) is 0 Å². The molecule has 0 radical (unpaired) electrons. The Morgan fingerprint density at radius 2 is 1.68 bits per heavy atom. The number of piperazine rings is 1. The van der Waals surface area contributed by atoms with Crippen LogP contribution in [0.3, 0.4) is 0 Å². The first-order valence-electron chi connectivity index (χ1n) is 8.87. The van der Waals surface area contributed by atoms with Crippen molar-refractivity contribution in [3.8, 4) is 0 Å². The first kappa shape index (κ1) is 21.6. The molecule has 2 N–H and O–H groups in total. The second kappa shape index (κ2) is 10.6. The number of nitrogens with zero attached hydrogens (tertiary/aromatic N) is 4. The maximum absolute atomic E-state index is 9.55. The van der Waals surface area contributed by atoms with Gasteiger partial charge in [0.15, 0.2) is 0 Å². The first-order valence-corrected chi connectivity index (χ1v) is 9.86. The van der Waals surface area contributed by atoms with Crippen molar-refractivity contribution in [1.82, 2.24) is 14.9 Å². The van der Waals surface area contributed by atoms with Crippen LogP contribution in [-0.4, -0.2) is 76.0 Å². The molecule has 0 atom stereocenters. The standard InChI is InChI=1S/C15H20N4S.C4H4O4/c1-3-20-14-12-6-4-5-7-13(12)16-15(17-14)19-10-8-18(2)9-11-19;5-3(6)1-2-4(7)8/h4-7H,3,8-11H2,1-2H3;1-2H,(H,5,6)(H,7,8)/b;2-1+. The summed E-state index contributed by atoms with van der Waals surface area (Å²) in [6, 6.07) is 8.29. The van der Waals surface area contributed by atoms with Crippen molar-refractivity contribution in [2.45, 2.75) is 11.9 Å². The van der Waals surface area contributed by atoms with Crippen LogP contribution < -0.4 is 4.90 Å². The van der Waals surface area contributed by atoms with E-state index in [1.807, 2.05) is 6.07 Å². The number of benzene rings is 1. The van der Waals surface area contributed by atoms with Gasteiger partial charge in [0.2, 0.25) is 5.95 Å². The van der Waals surface area contributed by atoms with E-state index >= 15 is 0 Å². The normalized spacial score (nSPS) is 14.7. The number of carbonyl (C=O) groups is 2. The van der Waals surface area contributed by atoms with Gasteiger partial charge in [0.25, 0.3) is 0 Å². The maximum atomic E-state index is 9.55. The number of hydrogen-bond donors (Lipinski definition) is 2. The number of thioether (sulfide) groups is 1. The number of carboxylic acids is 2. The molecule has 1 saturated heterocycles. The SMILES string of the molecule is CCSc1nc(N2CCN(C)CC2)nc2ccccc12.O=C(O)/C=C/C(=O)O. The molecule has 1 fully saturated rings. The first-order chi connectivity index (χ1) is 13.4. The Labute approximate surface area is 167 Å². The summed E-state index contributed by atoms with van der Waals surface area (Å²) in [5.74, 6) is -0.601. The highest BCUT2D eigenvalue weighted by atomic mass is 32.2. The van der Waals surface area contributed by atoms with Crippen LogP contribution >= 0.6 is 11.8 Å². The minimum absolute atomic E-state index is 0.558.